The zero-order valence-corrected chi connectivity index (χ0v) is 18.0. The first-order chi connectivity index (χ1) is 13.8. The van der Waals surface area contributed by atoms with E-state index in [1.54, 1.807) is 31.2 Å². The second kappa shape index (κ2) is 8.93. The summed E-state index contributed by atoms with van der Waals surface area (Å²) in [4.78, 5) is 14.2. The predicted octanol–water partition coefficient (Wildman–Crippen LogP) is 5.17. The van der Waals surface area contributed by atoms with Crippen LogP contribution in [0.5, 0.6) is 5.75 Å². The van der Waals surface area contributed by atoms with E-state index in [-0.39, 0.29) is 18.4 Å². The van der Waals surface area contributed by atoms with Crippen molar-refractivity contribution in [1.29, 1.82) is 0 Å². The molecule has 3 rings (SSSR count). The monoisotopic (exact) mass is 432 g/mol. The minimum absolute atomic E-state index is 0.00419. The number of nitrogens with one attached hydrogen (secondary N) is 1. The van der Waals surface area contributed by atoms with Crippen molar-refractivity contribution >= 4 is 34.7 Å². The molecule has 0 spiro atoms. The number of hydrogen-bond donors (Lipinski definition) is 1. The molecule has 4 nitrogen and oxygen atoms in total. The van der Waals surface area contributed by atoms with Crippen molar-refractivity contribution in [3.8, 4) is 5.75 Å². The van der Waals surface area contributed by atoms with Gasteiger partial charge in [-0.05, 0) is 62.8 Å². The third-order valence-electron chi connectivity index (χ3n) is 4.95. The Morgan fingerprint density at radius 3 is 2.55 bits per heavy atom. The molecule has 7 heteroatoms. The van der Waals surface area contributed by atoms with E-state index in [2.05, 4.69) is 5.32 Å². The topological polar surface area (TPSA) is 41.6 Å². The molecule has 0 fully saturated rings. The number of carbonyl (C=O) groups is 1. The Kier molecular flexibility index (Phi) is 6.55. The number of Topliss-reactive ketones (excluding diaryl/α,β-unsaturated/α-hetero) is 1. The minimum atomic E-state index is -0.402. The van der Waals surface area contributed by atoms with Gasteiger partial charge in [-0.3, -0.25) is 4.79 Å². The molecule has 1 unspecified atom stereocenters. The molecule has 152 valence electrons. The maximum Gasteiger partial charge on any atom is 0.173 e. The van der Waals surface area contributed by atoms with Crippen LogP contribution in [0, 0.1) is 5.82 Å². The highest BCUT2D eigenvalue weighted by Crippen LogP contribution is 2.32. The highest BCUT2D eigenvalue weighted by molar-refractivity contribution is 7.80. The van der Waals surface area contributed by atoms with Crippen LogP contribution in [0.3, 0.4) is 0 Å². The zero-order valence-electron chi connectivity index (χ0n) is 16.5. The number of rotatable bonds is 6. The second-order valence-corrected chi connectivity index (χ2v) is 7.53. The summed E-state index contributed by atoms with van der Waals surface area (Å²) in [6.07, 6.45) is 0. The first kappa shape index (κ1) is 21.3. The Labute approximate surface area is 180 Å². The number of benzene rings is 2. The van der Waals surface area contributed by atoms with Crippen LogP contribution >= 0.6 is 23.8 Å². The van der Waals surface area contributed by atoms with Crippen LogP contribution in [0.4, 0.5) is 4.39 Å². The van der Waals surface area contributed by atoms with Crippen LogP contribution < -0.4 is 10.1 Å². The van der Waals surface area contributed by atoms with Gasteiger partial charge in [-0.25, -0.2) is 4.39 Å². The summed E-state index contributed by atoms with van der Waals surface area (Å²) in [6.45, 7) is 6.18. The fraction of sp³-hybridized carbons (Fsp3) is 0.273. The molecule has 29 heavy (non-hydrogen) atoms. The molecule has 0 saturated carbocycles. The van der Waals surface area contributed by atoms with Crippen molar-refractivity contribution < 1.29 is 13.9 Å². The molecule has 1 atom stereocenters. The number of carbonyl (C=O) groups excluding carboxylic acids is 1. The number of hydrogen-bond acceptors (Lipinski definition) is 3. The first-order valence-corrected chi connectivity index (χ1v) is 10.1. The molecule has 0 aromatic heterocycles. The van der Waals surface area contributed by atoms with Gasteiger partial charge >= 0.3 is 0 Å². The Balaban J connectivity index is 1.81. The SMILES string of the molecule is CCN1C(=S)NC(c2ccc(OCc3c(F)cccc3Cl)cc2)C(C(C)=O)=C1C. The van der Waals surface area contributed by atoms with E-state index in [1.165, 1.54) is 6.07 Å². The quantitative estimate of drug-likeness (QED) is 0.637. The average Bonchev–Trinajstić information content (AvgIpc) is 2.67. The van der Waals surface area contributed by atoms with Gasteiger partial charge in [-0.1, -0.05) is 29.8 Å². The summed E-state index contributed by atoms with van der Waals surface area (Å²) in [7, 11) is 0. The first-order valence-electron chi connectivity index (χ1n) is 9.28. The number of nitrogens with zero attached hydrogens (tertiary/aromatic N) is 1. The lowest BCUT2D eigenvalue weighted by Crippen LogP contribution is -2.47. The van der Waals surface area contributed by atoms with E-state index in [1.807, 2.05) is 30.9 Å². The number of allylic oxidation sites excluding steroid dienone is 1. The Morgan fingerprint density at radius 2 is 1.97 bits per heavy atom. The summed E-state index contributed by atoms with van der Waals surface area (Å²) in [5.41, 5.74) is 2.76. The molecule has 0 aliphatic carbocycles. The standard InChI is InChI=1S/C22H22ClFN2O2S/c1-4-26-13(2)20(14(3)27)21(25-22(26)29)15-8-10-16(11-9-15)28-12-17-18(23)6-5-7-19(17)24/h5-11,21H,4,12H2,1-3H3,(H,25,29). The summed E-state index contributed by atoms with van der Waals surface area (Å²) in [5, 5.41) is 4.18. The Morgan fingerprint density at radius 1 is 1.28 bits per heavy atom. The van der Waals surface area contributed by atoms with Crippen molar-refractivity contribution in [2.75, 3.05) is 6.54 Å². The molecule has 0 bridgehead atoms. The van der Waals surface area contributed by atoms with Crippen LogP contribution in [0.1, 0.15) is 37.9 Å². The predicted molar refractivity (Wildman–Crippen MR) is 116 cm³/mol. The third-order valence-corrected chi connectivity index (χ3v) is 5.64. The molecule has 2 aromatic rings. The fourth-order valence-corrected chi connectivity index (χ4v) is 4.05. The highest BCUT2D eigenvalue weighted by Gasteiger charge is 2.31. The van der Waals surface area contributed by atoms with Gasteiger partial charge in [0.2, 0.25) is 0 Å². The van der Waals surface area contributed by atoms with Gasteiger partial charge in [0, 0.05) is 23.4 Å². The van der Waals surface area contributed by atoms with E-state index < -0.39 is 5.82 Å². The lowest BCUT2D eigenvalue weighted by Gasteiger charge is -2.37. The molecular formula is C22H22ClFN2O2S. The number of ether oxygens (including phenoxy) is 1. The smallest absolute Gasteiger partial charge is 0.173 e. The largest absolute Gasteiger partial charge is 0.489 e. The van der Waals surface area contributed by atoms with Gasteiger partial charge in [0.05, 0.1) is 11.1 Å². The maximum atomic E-state index is 13.9. The Hall–Kier alpha value is -2.44. The van der Waals surface area contributed by atoms with Gasteiger partial charge in [-0.15, -0.1) is 0 Å². The highest BCUT2D eigenvalue weighted by atomic mass is 35.5. The molecule has 1 N–H and O–H groups in total. The van der Waals surface area contributed by atoms with Crippen molar-refractivity contribution in [3.63, 3.8) is 0 Å². The van der Waals surface area contributed by atoms with Crippen molar-refractivity contribution in [2.45, 2.75) is 33.4 Å². The number of ketones is 1. The molecule has 2 aromatic carbocycles. The maximum absolute atomic E-state index is 13.9. The second-order valence-electron chi connectivity index (χ2n) is 6.74. The minimum Gasteiger partial charge on any atom is -0.489 e. The summed E-state index contributed by atoms with van der Waals surface area (Å²) in [5.74, 6) is 0.170. The van der Waals surface area contributed by atoms with Crippen LogP contribution in [0.25, 0.3) is 0 Å². The van der Waals surface area contributed by atoms with E-state index in [4.69, 9.17) is 28.6 Å². The molecule has 1 heterocycles. The third kappa shape index (κ3) is 4.43. The molecular weight excluding hydrogens is 411 g/mol. The summed E-state index contributed by atoms with van der Waals surface area (Å²) < 4.78 is 19.6. The van der Waals surface area contributed by atoms with Crippen molar-refractivity contribution in [3.05, 3.63) is 75.7 Å². The molecule has 1 aliphatic heterocycles. The van der Waals surface area contributed by atoms with Crippen LogP contribution in [-0.2, 0) is 11.4 Å². The van der Waals surface area contributed by atoms with E-state index in [9.17, 15) is 9.18 Å². The van der Waals surface area contributed by atoms with Crippen LogP contribution in [-0.4, -0.2) is 22.3 Å². The molecule has 0 radical (unpaired) electrons. The lowest BCUT2D eigenvalue weighted by molar-refractivity contribution is -0.114. The normalized spacial score (nSPS) is 16.7. The average molecular weight is 433 g/mol. The van der Waals surface area contributed by atoms with Gasteiger partial charge in [-0.2, -0.15) is 0 Å². The van der Waals surface area contributed by atoms with Gasteiger partial charge in [0.25, 0.3) is 0 Å². The molecule has 0 amide bonds. The van der Waals surface area contributed by atoms with Crippen molar-refractivity contribution in [2.24, 2.45) is 0 Å². The Bertz CT molecular complexity index is 955. The molecule has 1 aliphatic rings. The fourth-order valence-electron chi connectivity index (χ4n) is 3.45. The van der Waals surface area contributed by atoms with E-state index in [0.29, 0.717) is 33.6 Å². The summed E-state index contributed by atoms with van der Waals surface area (Å²) >= 11 is 11.5. The van der Waals surface area contributed by atoms with Gasteiger partial charge in [0.15, 0.2) is 10.9 Å². The van der Waals surface area contributed by atoms with Crippen molar-refractivity contribution in [1.82, 2.24) is 10.2 Å². The number of halogens is 2. The van der Waals surface area contributed by atoms with E-state index >= 15 is 0 Å². The molecule has 0 saturated heterocycles. The zero-order chi connectivity index (χ0) is 21.1. The number of thiocarbonyl (C=S) groups is 1. The van der Waals surface area contributed by atoms with E-state index in [0.717, 1.165) is 11.3 Å². The summed E-state index contributed by atoms with van der Waals surface area (Å²) in [6, 6.07) is 11.5. The van der Waals surface area contributed by atoms with Crippen LogP contribution in [0.2, 0.25) is 5.02 Å². The van der Waals surface area contributed by atoms with Gasteiger partial charge < -0.3 is 15.0 Å². The lowest BCUT2D eigenvalue weighted by atomic mass is 9.92. The van der Waals surface area contributed by atoms with Gasteiger partial charge in [0.1, 0.15) is 18.2 Å². The van der Waals surface area contributed by atoms with Crippen LogP contribution in [0.15, 0.2) is 53.7 Å².